The maximum atomic E-state index is 12.1. The second-order valence-electron chi connectivity index (χ2n) is 4.50. The van der Waals surface area contributed by atoms with E-state index in [0.717, 1.165) is 11.1 Å². The number of carbonyl (C=O) groups excluding carboxylic acids is 1. The summed E-state index contributed by atoms with van der Waals surface area (Å²) < 4.78 is 0. The Morgan fingerprint density at radius 2 is 1.95 bits per heavy atom. The Morgan fingerprint density at radius 3 is 2.57 bits per heavy atom. The molecule has 2 rings (SSSR count). The maximum absolute atomic E-state index is 12.1. The molecular weight excluding hydrogens is 284 g/mol. The van der Waals surface area contributed by atoms with E-state index >= 15 is 0 Å². The molecule has 0 fully saturated rings. The molecular formula is C17H15ClN2O. The fourth-order valence-corrected chi connectivity index (χ4v) is 1.91. The number of rotatable bonds is 2. The standard InChI is InChI=1S/C17H15ClN2O/c1-12-4-7-14(11-16(12)18)17(21)20-15-8-5-13(6-9-15)3-2-10-19/h4-9,11H,10,19H2,1H3,(H,20,21). The third kappa shape index (κ3) is 4.09. The van der Waals surface area contributed by atoms with E-state index in [0.29, 0.717) is 22.8 Å². The first-order valence-corrected chi connectivity index (χ1v) is 6.84. The first-order chi connectivity index (χ1) is 10.1. The molecule has 0 spiro atoms. The lowest BCUT2D eigenvalue weighted by molar-refractivity contribution is 0.102. The Labute approximate surface area is 129 Å². The van der Waals surface area contributed by atoms with Crippen molar-refractivity contribution in [3.63, 3.8) is 0 Å². The monoisotopic (exact) mass is 298 g/mol. The predicted octanol–water partition coefficient (Wildman–Crippen LogP) is 3.21. The minimum absolute atomic E-state index is 0.197. The summed E-state index contributed by atoms with van der Waals surface area (Å²) in [5.41, 5.74) is 8.35. The summed E-state index contributed by atoms with van der Waals surface area (Å²) in [6.45, 7) is 2.22. The van der Waals surface area contributed by atoms with Crippen molar-refractivity contribution in [1.82, 2.24) is 0 Å². The van der Waals surface area contributed by atoms with Gasteiger partial charge in [-0.2, -0.15) is 0 Å². The largest absolute Gasteiger partial charge is 0.322 e. The van der Waals surface area contributed by atoms with Crippen molar-refractivity contribution in [3.8, 4) is 11.8 Å². The van der Waals surface area contributed by atoms with E-state index in [4.69, 9.17) is 17.3 Å². The van der Waals surface area contributed by atoms with Crippen molar-refractivity contribution in [2.24, 2.45) is 5.73 Å². The number of aryl methyl sites for hydroxylation is 1. The zero-order valence-electron chi connectivity index (χ0n) is 11.6. The van der Waals surface area contributed by atoms with Crippen LogP contribution < -0.4 is 11.1 Å². The highest BCUT2D eigenvalue weighted by Crippen LogP contribution is 2.18. The van der Waals surface area contributed by atoms with Crippen molar-refractivity contribution in [3.05, 3.63) is 64.2 Å². The number of hydrogen-bond acceptors (Lipinski definition) is 2. The number of amides is 1. The molecule has 0 saturated carbocycles. The van der Waals surface area contributed by atoms with E-state index in [9.17, 15) is 4.79 Å². The summed E-state index contributed by atoms with van der Waals surface area (Å²) in [4.78, 5) is 12.1. The van der Waals surface area contributed by atoms with E-state index in [2.05, 4.69) is 17.2 Å². The number of nitrogens with two attached hydrogens (primary N) is 1. The normalized spacial score (nSPS) is 9.67. The summed E-state index contributed by atoms with van der Waals surface area (Å²) in [7, 11) is 0. The van der Waals surface area contributed by atoms with Crippen LogP contribution in [0.3, 0.4) is 0 Å². The van der Waals surface area contributed by atoms with E-state index in [1.54, 1.807) is 24.3 Å². The Bertz CT molecular complexity index is 712. The van der Waals surface area contributed by atoms with Gasteiger partial charge in [-0.1, -0.05) is 29.5 Å². The minimum Gasteiger partial charge on any atom is -0.322 e. The van der Waals surface area contributed by atoms with Crippen LogP contribution in [0.4, 0.5) is 5.69 Å². The van der Waals surface area contributed by atoms with E-state index in [1.165, 1.54) is 0 Å². The van der Waals surface area contributed by atoms with Crippen LogP contribution in [0.1, 0.15) is 21.5 Å². The van der Waals surface area contributed by atoms with Crippen LogP contribution in [0.15, 0.2) is 42.5 Å². The van der Waals surface area contributed by atoms with Gasteiger partial charge in [0, 0.05) is 21.8 Å². The summed E-state index contributed by atoms with van der Waals surface area (Å²) >= 11 is 6.02. The van der Waals surface area contributed by atoms with Crippen molar-refractivity contribution in [2.75, 3.05) is 11.9 Å². The molecule has 3 N–H and O–H groups in total. The van der Waals surface area contributed by atoms with Crippen molar-refractivity contribution >= 4 is 23.2 Å². The van der Waals surface area contributed by atoms with Gasteiger partial charge in [-0.05, 0) is 48.9 Å². The molecule has 0 aliphatic rings. The summed E-state index contributed by atoms with van der Waals surface area (Å²) in [6, 6.07) is 12.5. The first kappa shape index (κ1) is 15.1. The molecule has 2 aromatic carbocycles. The molecule has 4 heteroatoms. The van der Waals surface area contributed by atoms with Crippen molar-refractivity contribution in [1.29, 1.82) is 0 Å². The molecule has 2 aromatic rings. The predicted molar refractivity (Wildman–Crippen MR) is 86.5 cm³/mol. The Kier molecular flexibility index (Phi) is 4.99. The zero-order valence-corrected chi connectivity index (χ0v) is 12.4. The summed E-state index contributed by atoms with van der Waals surface area (Å²) in [5.74, 6) is 5.51. The van der Waals surface area contributed by atoms with Gasteiger partial charge in [0.1, 0.15) is 0 Å². The van der Waals surface area contributed by atoms with Gasteiger partial charge in [-0.15, -0.1) is 0 Å². The lowest BCUT2D eigenvalue weighted by Crippen LogP contribution is -2.11. The van der Waals surface area contributed by atoms with Gasteiger partial charge in [0.25, 0.3) is 5.91 Å². The molecule has 0 aliphatic heterocycles. The average Bonchev–Trinajstić information content (AvgIpc) is 2.49. The van der Waals surface area contributed by atoms with Gasteiger partial charge >= 0.3 is 0 Å². The lowest BCUT2D eigenvalue weighted by Gasteiger charge is -2.06. The fourth-order valence-electron chi connectivity index (χ4n) is 1.73. The van der Waals surface area contributed by atoms with Crippen LogP contribution in [-0.2, 0) is 0 Å². The van der Waals surface area contributed by atoms with Gasteiger partial charge < -0.3 is 11.1 Å². The van der Waals surface area contributed by atoms with Gasteiger partial charge in [-0.3, -0.25) is 4.79 Å². The van der Waals surface area contributed by atoms with Crippen LogP contribution in [0, 0.1) is 18.8 Å². The van der Waals surface area contributed by atoms with Crippen LogP contribution in [0.25, 0.3) is 0 Å². The van der Waals surface area contributed by atoms with Gasteiger partial charge in [0.05, 0.1) is 6.54 Å². The molecule has 0 radical (unpaired) electrons. The molecule has 1 amide bonds. The third-order valence-electron chi connectivity index (χ3n) is 2.91. The number of anilines is 1. The molecule has 0 aliphatic carbocycles. The lowest BCUT2D eigenvalue weighted by atomic mass is 10.1. The number of halogens is 1. The highest BCUT2D eigenvalue weighted by molar-refractivity contribution is 6.31. The quantitative estimate of drug-likeness (QED) is 0.837. The molecule has 0 saturated heterocycles. The Morgan fingerprint density at radius 1 is 1.24 bits per heavy atom. The Balaban J connectivity index is 2.10. The molecule has 0 aromatic heterocycles. The smallest absolute Gasteiger partial charge is 0.255 e. The first-order valence-electron chi connectivity index (χ1n) is 6.46. The molecule has 106 valence electrons. The third-order valence-corrected chi connectivity index (χ3v) is 3.32. The second-order valence-corrected chi connectivity index (χ2v) is 4.91. The minimum atomic E-state index is -0.197. The molecule has 3 nitrogen and oxygen atoms in total. The van der Waals surface area contributed by atoms with Gasteiger partial charge in [0.2, 0.25) is 0 Å². The number of carbonyl (C=O) groups is 1. The summed E-state index contributed by atoms with van der Waals surface area (Å²) in [6.07, 6.45) is 0. The van der Waals surface area contributed by atoms with Gasteiger partial charge in [-0.25, -0.2) is 0 Å². The van der Waals surface area contributed by atoms with Crippen molar-refractivity contribution < 1.29 is 4.79 Å². The SMILES string of the molecule is Cc1ccc(C(=O)Nc2ccc(C#CCN)cc2)cc1Cl. The fraction of sp³-hybridized carbons (Fsp3) is 0.118. The molecule has 0 bridgehead atoms. The molecule has 0 heterocycles. The molecule has 0 atom stereocenters. The topological polar surface area (TPSA) is 55.1 Å². The zero-order chi connectivity index (χ0) is 15.2. The highest BCUT2D eigenvalue weighted by Gasteiger charge is 2.07. The van der Waals surface area contributed by atoms with Crippen molar-refractivity contribution in [2.45, 2.75) is 6.92 Å². The van der Waals surface area contributed by atoms with Crippen LogP contribution in [-0.4, -0.2) is 12.5 Å². The number of benzene rings is 2. The van der Waals surface area contributed by atoms with Gasteiger partial charge in [0.15, 0.2) is 0 Å². The summed E-state index contributed by atoms with van der Waals surface area (Å²) in [5, 5.41) is 3.40. The molecule has 0 unspecified atom stereocenters. The average molecular weight is 299 g/mol. The van der Waals surface area contributed by atoms with E-state index < -0.39 is 0 Å². The maximum Gasteiger partial charge on any atom is 0.255 e. The second kappa shape index (κ2) is 6.94. The molecule has 21 heavy (non-hydrogen) atoms. The van der Waals surface area contributed by atoms with E-state index in [1.807, 2.05) is 25.1 Å². The Hall–Kier alpha value is -2.28. The van der Waals surface area contributed by atoms with E-state index in [-0.39, 0.29) is 5.91 Å². The van der Waals surface area contributed by atoms with Crippen LogP contribution in [0.5, 0.6) is 0 Å². The van der Waals surface area contributed by atoms with Crippen LogP contribution in [0.2, 0.25) is 5.02 Å². The van der Waals surface area contributed by atoms with Crippen LogP contribution >= 0.6 is 11.6 Å². The highest BCUT2D eigenvalue weighted by atomic mass is 35.5. The number of hydrogen-bond donors (Lipinski definition) is 2. The number of nitrogens with one attached hydrogen (secondary N) is 1.